The lowest BCUT2D eigenvalue weighted by molar-refractivity contribution is -0.109. The van der Waals surface area contributed by atoms with E-state index in [4.69, 9.17) is 4.74 Å². The predicted octanol–water partition coefficient (Wildman–Crippen LogP) is 6.96. The molecule has 0 bridgehead atoms. The Morgan fingerprint density at radius 1 is 0.781 bits per heavy atom. The minimum Gasteiger partial charge on any atom is -0.497 e. The number of carbonyl (C=O) groups is 1. The number of benzene rings is 4. The third-order valence-electron chi connectivity index (χ3n) is 5.83. The highest BCUT2D eigenvalue weighted by Gasteiger charge is 2.16. The zero-order valence-electron chi connectivity index (χ0n) is 17.8. The van der Waals surface area contributed by atoms with Crippen LogP contribution in [0.5, 0.6) is 5.75 Å². The first kappa shape index (κ1) is 19.8. The van der Waals surface area contributed by atoms with E-state index in [0.29, 0.717) is 5.57 Å². The van der Waals surface area contributed by atoms with Gasteiger partial charge in [-0.2, -0.15) is 0 Å². The zero-order chi connectivity index (χ0) is 21.9. The first-order valence-corrected chi connectivity index (χ1v) is 10.6. The van der Waals surface area contributed by atoms with E-state index in [1.165, 1.54) is 10.8 Å². The molecule has 1 aliphatic rings. The van der Waals surface area contributed by atoms with Crippen molar-refractivity contribution in [3.8, 4) is 5.75 Å². The molecule has 4 aromatic carbocycles. The van der Waals surface area contributed by atoms with Gasteiger partial charge in [0.2, 0.25) is 0 Å². The number of ether oxygens (including phenoxy) is 1. The summed E-state index contributed by atoms with van der Waals surface area (Å²) in [6.45, 7) is 0. The van der Waals surface area contributed by atoms with Crippen molar-refractivity contribution in [2.75, 3.05) is 7.11 Å². The molecule has 5 rings (SSSR count). The van der Waals surface area contributed by atoms with Gasteiger partial charge in [0, 0.05) is 5.57 Å². The Morgan fingerprint density at radius 2 is 1.53 bits per heavy atom. The maximum atomic E-state index is 12.7. The van der Waals surface area contributed by atoms with Gasteiger partial charge in [-0.15, -0.1) is 0 Å². The first-order valence-electron chi connectivity index (χ1n) is 10.6. The lowest BCUT2D eigenvalue weighted by Crippen LogP contribution is -2.04. The summed E-state index contributed by atoms with van der Waals surface area (Å²) in [5.41, 5.74) is 5.96. The average Bonchev–Trinajstić information content (AvgIpc) is 2.85. The topological polar surface area (TPSA) is 26.3 Å². The van der Waals surface area contributed by atoms with Crippen LogP contribution in [0, 0.1) is 0 Å². The van der Waals surface area contributed by atoms with Gasteiger partial charge in [-0.25, -0.2) is 0 Å². The minimum atomic E-state index is 0.0203. The Balaban J connectivity index is 1.71. The van der Waals surface area contributed by atoms with Gasteiger partial charge in [0.25, 0.3) is 0 Å². The Hall–Kier alpha value is -4.17. The summed E-state index contributed by atoms with van der Waals surface area (Å²) >= 11 is 0. The molecule has 0 heterocycles. The number of hydrogen-bond acceptors (Lipinski definition) is 2. The number of allylic oxidation sites excluding steroid dienone is 4. The molecule has 0 amide bonds. The number of carbonyl (C=O) groups excluding carboxylic acids is 1. The Morgan fingerprint density at radius 3 is 2.38 bits per heavy atom. The van der Waals surface area contributed by atoms with Gasteiger partial charge in [0.15, 0.2) is 5.78 Å². The summed E-state index contributed by atoms with van der Waals surface area (Å²) in [5.74, 6) is 0.831. The highest BCUT2D eigenvalue weighted by atomic mass is 16.5. The SMILES string of the molecule is COc1ccc(/C(=C/C=C2/C(=O)C=Cc3ccccc32)c2cccc3ccccc23)cc1. The monoisotopic (exact) mass is 414 g/mol. The summed E-state index contributed by atoms with van der Waals surface area (Å²) in [7, 11) is 1.67. The molecule has 0 unspecified atom stereocenters. The standard InChI is InChI=1S/C30H22O2/c1-32-24-16-13-23(14-17-24)27(28-12-6-9-21-7-2-4-10-25(21)28)18-19-29-26-11-5-3-8-22(26)15-20-30(29)31/h2-20H,1H3/b27-18-,29-19+. The lowest BCUT2D eigenvalue weighted by Gasteiger charge is -2.14. The van der Waals surface area contributed by atoms with Gasteiger partial charge in [0.05, 0.1) is 7.11 Å². The molecule has 0 N–H and O–H groups in total. The van der Waals surface area contributed by atoms with Crippen molar-refractivity contribution in [3.05, 3.63) is 131 Å². The Bertz CT molecular complexity index is 1400. The van der Waals surface area contributed by atoms with Gasteiger partial charge < -0.3 is 4.74 Å². The molecule has 4 aromatic rings. The summed E-state index contributed by atoms with van der Waals surface area (Å²) in [6.07, 6.45) is 7.54. The van der Waals surface area contributed by atoms with Gasteiger partial charge in [-0.3, -0.25) is 4.79 Å². The molecular weight excluding hydrogens is 392 g/mol. The predicted molar refractivity (Wildman–Crippen MR) is 132 cm³/mol. The molecule has 0 aliphatic heterocycles. The van der Waals surface area contributed by atoms with Crippen LogP contribution < -0.4 is 4.74 Å². The van der Waals surface area contributed by atoms with Gasteiger partial charge in [-0.05, 0) is 62.9 Å². The zero-order valence-corrected chi connectivity index (χ0v) is 17.8. The van der Waals surface area contributed by atoms with Gasteiger partial charge in [-0.1, -0.05) is 91.0 Å². The number of methoxy groups -OCH3 is 1. The molecule has 0 aromatic heterocycles. The van der Waals surface area contributed by atoms with Crippen molar-refractivity contribution in [1.29, 1.82) is 0 Å². The van der Waals surface area contributed by atoms with Crippen molar-refractivity contribution in [2.45, 2.75) is 0 Å². The molecule has 2 nitrogen and oxygen atoms in total. The summed E-state index contributed by atoms with van der Waals surface area (Å²) in [5, 5.41) is 2.35. The molecular formula is C30H22O2. The van der Waals surface area contributed by atoms with Gasteiger partial charge >= 0.3 is 0 Å². The van der Waals surface area contributed by atoms with Crippen molar-refractivity contribution >= 4 is 33.8 Å². The average molecular weight is 415 g/mol. The highest BCUT2D eigenvalue weighted by Crippen LogP contribution is 2.33. The minimum absolute atomic E-state index is 0.0203. The van der Waals surface area contributed by atoms with Crippen molar-refractivity contribution in [2.24, 2.45) is 0 Å². The van der Waals surface area contributed by atoms with Crippen LogP contribution in [0.4, 0.5) is 0 Å². The smallest absolute Gasteiger partial charge is 0.186 e. The number of rotatable bonds is 4. The molecule has 0 atom stereocenters. The Labute approximate surface area is 187 Å². The quantitative estimate of drug-likeness (QED) is 0.337. The normalized spacial score (nSPS) is 14.6. The van der Waals surface area contributed by atoms with E-state index in [1.807, 2.05) is 48.6 Å². The molecule has 0 fully saturated rings. The summed E-state index contributed by atoms with van der Waals surface area (Å²) in [6, 6.07) is 30.7. The van der Waals surface area contributed by atoms with Gasteiger partial charge in [0.1, 0.15) is 5.75 Å². The lowest BCUT2D eigenvalue weighted by atomic mass is 9.89. The second kappa shape index (κ2) is 8.52. The van der Waals surface area contributed by atoms with Crippen LogP contribution in [0.25, 0.3) is 28.0 Å². The van der Waals surface area contributed by atoms with Crippen LogP contribution in [-0.4, -0.2) is 12.9 Å². The second-order valence-electron chi connectivity index (χ2n) is 7.70. The number of hydrogen-bond donors (Lipinski definition) is 0. The second-order valence-corrected chi connectivity index (χ2v) is 7.70. The molecule has 0 spiro atoms. The van der Waals surface area contributed by atoms with E-state index in [0.717, 1.165) is 33.6 Å². The highest BCUT2D eigenvalue weighted by molar-refractivity contribution is 6.30. The van der Waals surface area contributed by atoms with Crippen LogP contribution >= 0.6 is 0 Å². The fraction of sp³-hybridized carbons (Fsp3) is 0.0333. The maximum absolute atomic E-state index is 12.7. The molecule has 0 saturated heterocycles. The van der Waals surface area contributed by atoms with E-state index in [-0.39, 0.29) is 5.78 Å². The van der Waals surface area contributed by atoms with E-state index in [2.05, 4.69) is 60.7 Å². The molecule has 32 heavy (non-hydrogen) atoms. The number of ketones is 1. The summed E-state index contributed by atoms with van der Waals surface area (Å²) in [4.78, 5) is 12.7. The van der Waals surface area contributed by atoms with Crippen LogP contribution in [0.15, 0.2) is 109 Å². The van der Waals surface area contributed by atoms with Crippen LogP contribution in [0.1, 0.15) is 22.3 Å². The van der Waals surface area contributed by atoms with Crippen LogP contribution in [0.2, 0.25) is 0 Å². The molecule has 0 saturated carbocycles. The summed E-state index contributed by atoms with van der Waals surface area (Å²) < 4.78 is 5.35. The van der Waals surface area contributed by atoms with Crippen LogP contribution in [-0.2, 0) is 4.79 Å². The molecule has 2 heteroatoms. The fourth-order valence-electron chi connectivity index (χ4n) is 4.19. The van der Waals surface area contributed by atoms with E-state index in [1.54, 1.807) is 13.2 Å². The van der Waals surface area contributed by atoms with Crippen molar-refractivity contribution in [3.63, 3.8) is 0 Å². The molecule has 154 valence electrons. The van der Waals surface area contributed by atoms with E-state index < -0.39 is 0 Å². The molecule has 1 aliphatic carbocycles. The first-order chi connectivity index (χ1) is 15.7. The van der Waals surface area contributed by atoms with Crippen molar-refractivity contribution < 1.29 is 9.53 Å². The third-order valence-corrected chi connectivity index (χ3v) is 5.83. The Kier molecular flexibility index (Phi) is 5.27. The fourth-order valence-corrected chi connectivity index (χ4v) is 4.19. The number of fused-ring (bicyclic) bond motifs is 2. The van der Waals surface area contributed by atoms with E-state index in [9.17, 15) is 4.79 Å². The van der Waals surface area contributed by atoms with Crippen molar-refractivity contribution in [1.82, 2.24) is 0 Å². The van der Waals surface area contributed by atoms with E-state index >= 15 is 0 Å². The maximum Gasteiger partial charge on any atom is 0.186 e. The third kappa shape index (κ3) is 3.67. The van der Waals surface area contributed by atoms with Crippen LogP contribution in [0.3, 0.4) is 0 Å². The molecule has 0 radical (unpaired) electrons. The largest absolute Gasteiger partial charge is 0.497 e.